The van der Waals surface area contributed by atoms with Gasteiger partial charge in [-0.3, -0.25) is 14.6 Å². The molecular formula is C19H20ClFN4O3S. The topological polar surface area (TPSA) is 119 Å². The summed E-state index contributed by atoms with van der Waals surface area (Å²) in [5, 5.41) is 7.72. The van der Waals surface area contributed by atoms with Gasteiger partial charge in [0.25, 0.3) is 6.47 Å². The molecule has 29 heavy (non-hydrogen) atoms. The molecule has 10 heteroatoms. The Morgan fingerprint density at radius 2 is 2.07 bits per heavy atom. The molecule has 154 valence electrons. The lowest BCUT2D eigenvalue weighted by Gasteiger charge is -2.33. The van der Waals surface area contributed by atoms with E-state index in [1.165, 1.54) is 30.2 Å². The molecule has 0 amide bonds. The number of nitrogens with zero attached hydrogens (tertiary/aromatic N) is 3. The minimum atomic E-state index is -0.685. The van der Waals surface area contributed by atoms with E-state index in [-0.39, 0.29) is 30.3 Å². The molecule has 1 atom stereocenters. The van der Waals surface area contributed by atoms with E-state index >= 15 is 0 Å². The highest BCUT2D eigenvalue weighted by atomic mass is 35.5. The molecule has 3 rings (SSSR count). The molecule has 1 aromatic carbocycles. The molecule has 0 radical (unpaired) electrons. The van der Waals surface area contributed by atoms with Crippen molar-refractivity contribution >= 4 is 40.8 Å². The fourth-order valence-corrected chi connectivity index (χ4v) is 4.01. The highest BCUT2D eigenvalue weighted by molar-refractivity contribution is 8.13. The van der Waals surface area contributed by atoms with Crippen LogP contribution in [0, 0.1) is 5.82 Å². The van der Waals surface area contributed by atoms with Crippen LogP contribution in [-0.2, 0) is 16.8 Å². The highest BCUT2D eigenvalue weighted by Gasteiger charge is 2.35. The smallest absolute Gasteiger partial charge is 0.290 e. The van der Waals surface area contributed by atoms with Crippen molar-refractivity contribution in [2.24, 2.45) is 10.7 Å². The van der Waals surface area contributed by atoms with Gasteiger partial charge in [-0.15, -0.1) is 0 Å². The van der Waals surface area contributed by atoms with Gasteiger partial charge in [0.05, 0.1) is 10.6 Å². The molecule has 7 nitrogen and oxygen atoms in total. The van der Waals surface area contributed by atoms with Crippen molar-refractivity contribution in [1.29, 1.82) is 0 Å². The Kier molecular flexibility index (Phi) is 8.10. The molecule has 0 saturated heterocycles. The van der Waals surface area contributed by atoms with E-state index in [1.54, 1.807) is 12.1 Å². The standard InChI is InChI=1S/C18H18ClFN4OS.CH2O2/c1-2-18(5-6-26-17(21)24-18)13-7-11(3-4-14(13)20)8-15(25)16-22-9-12(19)10-23-16;2-1-3/h3-4,7,9-10H,2,5-6,8H2,1H3,(H2,21,24);1H,(H,2,3)/t18-;/m0./s1. The molecule has 2 aromatic rings. The fraction of sp³-hybridized carbons (Fsp3) is 0.316. The third kappa shape index (κ3) is 5.74. The minimum Gasteiger partial charge on any atom is -0.483 e. The predicted octanol–water partition coefficient (Wildman–Crippen LogP) is 3.45. The fourth-order valence-electron chi connectivity index (χ4n) is 3.02. The van der Waals surface area contributed by atoms with Crippen LogP contribution in [0.5, 0.6) is 0 Å². The van der Waals surface area contributed by atoms with Crippen LogP contribution in [0.15, 0.2) is 35.6 Å². The lowest BCUT2D eigenvalue weighted by atomic mass is 9.83. The summed E-state index contributed by atoms with van der Waals surface area (Å²) in [4.78, 5) is 33.2. The number of aromatic nitrogens is 2. The van der Waals surface area contributed by atoms with Crippen LogP contribution in [0.4, 0.5) is 4.39 Å². The number of hydrogen-bond donors (Lipinski definition) is 2. The van der Waals surface area contributed by atoms with E-state index in [0.29, 0.717) is 34.2 Å². The number of carbonyl (C=O) groups is 2. The number of amidine groups is 1. The number of carbonyl (C=O) groups excluding carboxylic acids is 1. The van der Waals surface area contributed by atoms with Crippen molar-refractivity contribution in [2.75, 3.05) is 5.75 Å². The maximum Gasteiger partial charge on any atom is 0.290 e. The van der Waals surface area contributed by atoms with Crippen LogP contribution in [0.25, 0.3) is 0 Å². The second kappa shape index (κ2) is 10.3. The lowest BCUT2D eigenvalue weighted by Crippen LogP contribution is -2.32. The Morgan fingerprint density at radius 3 is 2.66 bits per heavy atom. The van der Waals surface area contributed by atoms with Gasteiger partial charge in [0.1, 0.15) is 5.82 Å². The second-order valence-corrected chi connectivity index (χ2v) is 7.73. The van der Waals surface area contributed by atoms with Gasteiger partial charge in [0, 0.05) is 30.1 Å². The van der Waals surface area contributed by atoms with Crippen LogP contribution < -0.4 is 5.73 Å². The third-order valence-corrected chi connectivity index (χ3v) is 5.43. The molecule has 0 fully saturated rings. The van der Waals surface area contributed by atoms with E-state index in [1.807, 2.05) is 6.92 Å². The Hall–Kier alpha value is -2.52. The van der Waals surface area contributed by atoms with Crippen LogP contribution in [0.1, 0.15) is 41.5 Å². The molecule has 0 bridgehead atoms. The quantitative estimate of drug-likeness (QED) is 0.542. The molecule has 0 saturated carbocycles. The molecule has 1 aliphatic heterocycles. The summed E-state index contributed by atoms with van der Waals surface area (Å²) in [5.74, 6) is 0.271. The zero-order valence-electron chi connectivity index (χ0n) is 15.6. The summed E-state index contributed by atoms with van der Waals surface area (Å²) in [6.45, 7) is 1.71. The van der Waals surface area contributed by atoms with Crippen molar-refractivity contribution in [3.63, 3.8) is 0 Å². The number of aliphatic imine (C=N–C) groups is 1. The van der Waals surface area contributed by atoms with Crippen molar-refractivity contribution < 1.29 is 19.1 Å². The number of nitrogens with two attached hydrogens (primary N) is 1. The van der Waals surface area contributed by atoms with Crippen molar-refractivity contribution in [3.8, 4) is 0 Å². The van der Waals surface area contributed by atoms with Gasteiger partial charge in [-0.1, -0.05) is 36.4 Å². The highest BCUT2D eigenvalue weighted by Crippen LogP contribution is 2.39. The predicted molar refractivity (Wildman–Crippen MR) is 111 cm³/mol. The Morgan fingerprint density at radius 1 is 1.41 bits per heavy atom. The normalized spacial score (nSPS) is 18.2. The summed E-state index contributed by atoms with van der Waals surface area (Å²) in [7, 11) is 0. The average molecular weight is 439 g/mol. The number of benzene rings is 1. The van der Waals surface area contributed by atoms with Crippen LogP contribution >= 0.6 is 23.4 Å². The number of carboxylic acid groups (broad SMARTS) is 1. The van der Waals surface area contributed by atoms with Crippen LogP contribution in [0.2, 0.25) is 5.02 Å². The first-order chi connectivity index (χ1) is 13.8. The summed E-state index contributed by atoms with van der Waals surface area (Å²) >= 11 is 7.21. The third-order valence-electron chi connectivity index (χ3n) is 4.44. The monoisotopic (exact) mass is 438 g/mol. The van der Waals surface area contributed by atoms with Gasteiger partial charge in [-0.05, 0) is 30.5 Å². The van der Waals surface area contributed by atoms with Gasteiger partial charge in [-0.2, -0.15) is 0 Å². The van der Waals surface area contributed by atoms with E-state index in [0.717, 1.165) is 5.75 Å². The van der Waals surface area contributed by atoms with Crippen LogP contribution in [0.3, 0.4) is 0 Å². The maximum atomic E-state index is 14.6. The van der Waals surface area contributed by atoms with Gasteiger partial charge < -0.3 is 10.8 Å². The van der Waals surface area contributed by atoms with Gasteiger partial charge >= 0.3 is 0 Å². The number of ketones is 1. The number of thioether (sulfide) groups is 1. The van der Waals surface area contributed by atoms with E-state index < -0.39 is 5.54 Å². The minimum absolute atomic E-state index is 0.0721. The van der Waals surface area contributed by atoms with Gasteiger partial charge in [0.15, 0.2) is 11.0 Å². The number of hydrogen-bond acceptors (Lipinski definition) is 7. The summed E-state index contributed by atoms with van der Waals surface area (Å²) in [5.41, 5.74) is 6.37. The molecule has 3 N–H and O–H groups in total. The van der Waals surface area contributed by atoms with E-state index in [9.17, 15) is 9.18 Å². The van der Waals surface area contributed by atoms with Gasteiger partial charge in [-0.25, -0.2) is 14.4 Å². The summed E-state index contributed by atoms with van der Waals surface area (Å²) in [6.07, 6.45) is 4.15. The average Bonchev–Trinajstić information content (AvgIpc) is 2.70. The first-order valence-electron chi connectivity index (χ1n) is 8.70. The van der Waals surface area contributed by atoms with E-state index in [4.69, 9.17) is 27.2 Å². The van der Waals surface area contributed by atoms with Crippen molar-refractivity contribution in [2.45, 2.75) is 31.7 Å². The maximum absolute atomic E-state index is 14.6. The Labute approximate surface area is 176 Å². The largest absolute Gasteiger partial charge is 0.483 e. The van der Waals surface area contributed by atoms with E-state index in [2.05, 4.69) is 15.0 Å². The Balaban J connectivity index is 0.000000941. The number of rotatable bonds is 5. The molecule has 0 aliphatic carbocycles. The van der Waals surface area contributed by atoms with Gasteiger partial charge in [0.2, 0.25) is 5.78 Å². The zero-order valence-corrected chi connectivity index (χ0v) is 17.2. The zero-order chi connectivity index (χ0) is 21.4. The van der Waals surface area contributed by atoms with Crippen molar-refractivity contribution in [3.05, 3.63) is 58.4 Å². The molecule has 0 spiro atoms. The first-order valence-corrected chi connectivity index (χ1v) is 10.1. The number of halogens is 2. The molecule has 1 aromatic heterocycles. The molecule has 1 aliphatic rings. The number of Topliss-reactive ketones (excluding diaryl/α,β-unsaturated/α-hetero) is 1. The summed E-state index contributed by atoms with van der Waals surface area (Å²) < 4.78 is 14.6. The molecule has 2 heterocycles. The molecule has 0 unspecified atom stereocenters. The SMILES string of the molecule is CC[C@@]1(c2cc(CC(=O)c3ncc(Cl)cn3)ccc2F)CCSC(N)=N1.O=CO. The summed E-state index contributed by atoms with van der Waals surface area (Å²) in [6, 6.07) is 4.69. The second-order valence-electron chi connectivity index (χ2n) is 6.18. The van der Waals surface area contributed by atoms with Crippen LogP contribution in [-0.4, -0.2) is 38.3 Å². The first kappa shape index (κ1) is 22.8. The van der Waals surface area contributed by atoms with Crippen molar-refractivity contribution in [1.82, 2.24) is 9.97 Å². The lowest BCUT2D eigenvalue weighted by molar-refractivity contribution is -0.122. The Bertz CT molecular complexity index is 911. The molecular weight excluding hydrogens is 419 g/mol.